The van der Waals surface area contributed by atoms with Crippen molar-refractivity contribution in [2.24, 2.45) is 4.99 Å². The van der Waals surface area contributed by atoms with Gasteiger partial charge in [-0.2, -0.15) is 0 Å². The van der Waals surface area contributed by atoms with E-state index in [9.17, 15) is 5.11 Å². The Morgan fingerprint density at radius 1 is 1.14 bits per heavy atom. The van der Waals surface area contributed by atoms with Crippen LogP contribution in [0.2, 0.25) is 5.02 Å². The topological polar surface area (TPSA) is 90.3 Å². The van der Waals surface area contributed by atoms with Crippen molar-refractivity contribution in [1.29, 1.82) is 0 Å². The van der Waals surface area contributed by atoms with Gasteiger partial charge in [0.2, 0.25) is 0 Å². The Hall–Kier alpha value is -3.10. The quantitative estimate of drug-likeness (QED) is 0.388. The number of H-pyrrole nitrogens is 1. The van der Waals surface area contributed by atoms with Crippen LogP contribution in [-0.4, -0.2) is 37.0 Å². The van der Waals surface area contributed by atoms with E-state index in [0.29, 0.717) is 16.4 Å². The largest absolute Gasteiger partial charge is 0.508 e. The number of phenols is 1. The van der Waals surface area contributed by atoms with Crippen LogP contribution in [0.25, 0.3) is 17.4 Å². The predicted octanol–water partition coefficient (Wildman–Crippen LogP) is 2.71. The van der Waals surface area contributed by atoms with E-state index in [0.717, 1.165) is 26.8 Å². The van der Waals surface area contributed by atoms with Crippen molar-refractivity contribution in [3.05, 3.63) is 70.7 Å². The van der Waals surface area contributed by atoms with Crippen LogP contribution in [0.1, 0.15) is 0 Å². The molecule has 144 valence electrons. The van der Waals surface area contributed by atoms with Gasteiger partial charge < -0.3 is 15.0 Å². The van der Waals surface area contributed by atoms with E-state index in [4.69, 9.17) is 16.6 Å². The summed E-state index contributed by atoms with van der Waals surface area (Å²) in [5.74, 6) is 0.831. The maximum absolute atomic E-state index is 9.86. The minimum absolute atomic E-state index is 0.199. The van der Waals surface area contributed by atoms with Crippen LogP contribution in [-0.2, 0) is 0 Å². The van der Waals surface area contributed by atoms with E-state index in [1.54, 1.807) is 30.2 Å². The van der Waals surface area contributed by atoms with Crippen LogP contribution >= 0.6 is 23.4 Å². The number of aromatic nitrogens is 4. The van der Waals surface area contributed by atoms with Crippen LogP contribution in [0.5, 0.6) is 5.75 Å². The second-order valence-corrected chi connectivity index (χ2v) is 7.85. The number of aromatic amines is 1. The van der Waals surface area contributed by atoms with Gasteiger partial charge in [-0.25, -0.2) is 15.0 Å². The Kier molecular flexibility index (Phi) is 4.57. The molecule has 1 aliphatic heterocycles. The SMILES string of the molecule is Oc1ccc2c(c1)=CN(c1ccccc1Cl)C(CSc1ncnc3nc[nH]c13)N=2. The van der Waals surface area contributed by atoms with Gasteiger partial charge in [-0.1, -0.05) is 35.5 Å². The van der Waals surface area contributed by atoms with Crippen molar-refractivity contribution in [3.8, 4) is 5.75 Å². The Bertz CT molecular complexity index is 1320. The fourth-order valence-corrected chi connectivity index (χ4v) is 4.43. The average molecular weight is 423 g/mol. The van der Waals surface area contributed by atoms with Gasteiger partial charge in [0.1, 0.15) is 28.8 Å². The monoisotopic (exact) mass is 422 g/mol. The molecule has 0 aliphatic carbocycles. The molecule has 0 saturated carbocycles. The number of aromatic hydroxyl groups is 1. The highest BCUT2D eigenvalue weighted by molar-refractivity contribution is 7.99. The van der Waals surface area contributed by atoms with Crippen molar-refractivity contribution >= 4 is 46.4 Å². The van der Waals surface area contributed by atoms with E-state index in [-0.39, 0.29) is 11.9 Å². The molecular weight excluding hydrogens is 408 g/mol. The van der Waals surface area contributed by atoms with Gasteiger partial charge in [-0.15, -0.1) is 0 Å². The zero-order valence-corrected chi connectivity index (χ0v) is 16.6. The number of imidazole rings is 1. The molecule has 3 heterocycles. The van der Waals surface area contributed by atoms with E-state index in [1.165, 1.54) is 6.33 Å². The number of halogens is 1. The number of hydrogen-bond donors (Lipinski definition) is 2. The lowest BCUT2D eigenvalue weighted by molar-refractivity contribution is 0.474. The highest BCUT2D eigenvalue weighted by Gasteiger charge is 2.22. The Morgan fingerprint density at radius 3 is 2.93 bits per heavy atom. The fraction of sp³-hybridized carbons (Fsp3) is 0.100. The second-order valence-electron chi connectivity index (χ2n) is 6.43. The van der Waals surface area contributed by atoms with Gasteiger partial charge in [0.25, 0.3) is 0 Å². The molecule has 1 unspecified atom stereocenters. The number of thioether (sulfide) groups is 1. The van der Waals surface area contributed by atoms with Crippen molar-refractivity contribution in [2.75, 3.05) is 10.7 Å². The number of fused-ring (bicyclic) bond motifs is 2. The van der Waals surface area contributed by atoms with Gasteiger partial charge in [-0.05, 0) is 30.3 Å². The molecule has 9 heteroatoms. The summed E-state index contributed by atoms with van der Waals surface area (Å²) in [5, 5.41) is 13.0. The average Bonchev–Trinajstić information content (AvgIpc) is 3.21. The van der Waals surface area contributed by atoms with Crippen LogP contribution < -0.4 is 15.5 Å². The zero-order valence-electron chi connectivity index (χ0n) is 15.0. The summed E-state index contributed by atoms with van der Waals surface area (Å²) in [4.78, 5) is 22.8. The Labute approximate surface area is 174 Å². The summed E-state index contributed by atoms with van der Waals surface area (Å²) in [5.41, 5.74) is 2.30. The van der Waals surface area contributed by atoms with E-state index >= 15 is 0 Å². The number of rotatable bonds is 4. The first-order valence-electron chi connectivity index (χ1n) is 8.87. The molecule has 29 heavy (non-hydrogen) atoms. The number of phenolic OH excluding ortho intramolecular Hbond substituents is 1. The lowest BCUT2D eigenvalue weighted by Gasteiger charge is -2.30. The molecule has 0 amide bonds. The molecule has 2 aromatic heterocycles. The third-order valence-corrected chi connectivity index (χ3v) is 5.95. The van der Waals surface area contributed by atoms with Crippen LogP contribution in [0.4, 0.5) is 5.69 Å². The summed E-state index contributed by atoms with van der Waals surface area (Å²) in [7, 11) is 0. The third-order valence-electron chi connectivity index (χ3n) is 4.59. The normalized spacial score (nSPS) is 15.6. The fourth-order valence-electron chi connectivity index (χ4n) is 3.24. The molecule has 1 aliphatic rings. The lowest BCUT2D eigenvalue weighted by Crippen LogP contribution is -2.43. The molecular formula is C20H15ClN6OS. The van der Waals surface area contributed by atoms with Crippen molar-refractivity contribution in [2.45, 2.75) is 11.2 Å². The molecule has 0 radical (unpaired) electrons. The van der Waals surface area contributed by atoms with Gasteiger partial charge in [0.15, 0.2) is 5.65 Å². The van der Waals surface area contributed by atoms with Gasteiger partial charge in [0.05, 0.1) is 22.4 Å². The van der Waals surface area contributed by atoms with Crippen LogP contribution in [0.3, 0.4) is 0 Å². The zero-order chi connectivity index (χ0) is 19.8. The first-order valence-corrected chi connectivity index (χ1v) is 10.2. The molecule has 2 aromatic carbocycles. The first-order chi connectivity index (χ1) is 14.2. The summed E-state index contributed by atoms with van der Waals surface area (Å²) < 4.78 is 0. The molecule has 5 rings (SSSR count). The summed E-state index contributed by atoms with van der Waals surface area (Å²) in [6, 6.07) is 12.8. The summed E-state index contributed by atoms with van der Waals surface area (Å²) >= 11 is 8.04. The number of benzene rings is 2. The predicted molar refractivity (Wildman–Crippen MR) is 113 cm³/mol. The Morgan fingerprint density at radius 2 is 2.03 bits per heavy atom. The molecule has 2 N–H and O–H groups in total. The molecule has 0 saturated heterocycles. The lowest BCUT2D eigenvalue weighted by atomic mass is 10.2. The summed E-state index contributed by atoms with van der Waals surface area (Å²) in [6.07, 6.45) is 4.89. The van der Waals surface area contributed by atoms with E-state index in [1.807, 2.05) is 41.4 Å². The highest BCUT2D eigenvalue weighted by Crippen LogP contribution is 2.31. The van der Waals surface area contributed by atoms with Crippen molar-refractivity contribution in [1.82, 2.24) is 19.9 Å². The maximum atomic E-state index is 9.86. The highest BCUT2D eigenvalue weighted by atomic mass is 35.5. The minimum Gasteiger partial charge on any atom is -0.508 e. The molecule has 0 bridgehead atoms. The molecule has 4 aromatic rings. The van der Waals surface area contributed by atoms with E-state index < -0.39 is 0 Å². The molecule has 7 nitrogen and oxygen atoms in total. The minimum atomic E-state index is -0.204. The van der Waals surface area contributed by atoms with Crippen molar-refractivity contribution in [3.63, 3.8) is 0 Å². The summed E-state index contributed by atoms with van der Waals surface area (Å²) in [6.45, 7) is 0. The van der Waals surface area contributed by atoms with Crippen molar-refractivity contribution < 1.29 is 5.11 Å². The van der Waals surface area contributed by atoms with Gasteiger partial charge >= 0.3 is 0 Å². The molecule has 0 fully saturated rings. The van der Waals surface area contributed by atoms with Gasteiger partial charge in [0, 0.05) is 17.2 Å². The smallest absolute Gasteiger partial charge is 0.181 e. The maximum Gasteiger partial charge on any atom is 0.181 e. The molecule has 1 atom stereocenters. The van der Waals surface area contributed by atoms with Gasteiger partial charge in [-0.3, -0.25) is 4.99 Å². The number of nitrogens with zero attached hydrogens (tertiary/aromatic N) is 5. The number of nitrogens with one attached hydrogen (secondary N) is 1. The molecule has 0 spiro atoms. The third kappa shape index (κ3) is 3.41. The first kappa shape index (κ1) is 18.0. The second kappa shape index (κ2) is 7.38. The number of para-hydroxylation sites is 1. The van der Waals surface area contributed by atoms with Crippen LogP contribution in [0.15, 0.2) is 65.1 Å². The standard InChI is InChI=1S/C20H15ClN6OS/c21-14-3-1-2-4-16(14)27-8-12-7-13(28)5-6-15(12)26-17(27)9-29-20-18-19(23-10-22-18)24-11-25-20/h1-8,10-11,17,28H,9H2,(H,22,23,24,25). The number of hydrogen-bond acceptors (Lipinski definition) is 7. The van der Waals surface area contributed by atoms with Crippen LogP contribution in [0, 0.1) is 0 Å². The van der Waals surface area contributed by atoms with E-state index in [2.05, 4.69) is 19.9 Å². The number of anilines is 1. The Balaban J connectivity index is 1.54.